The molecule has 1 amide bonds. The van der Waals surface area contributed by atoms with Crippen molar-refractivity contribution in [3.63, 3.8) is 0 Å². The van der Waals surface area contributed by atoms with Crippen molar-refractivity contribution < 1.29 is 9.21 Å². The lowest BCUT2D eigenvalue weighted by molar-refractivity contribution is -0.116. The molecule has 2 heterocycles. The summed E-state index contributed by atoms with van der Waals surface area (Å²) < 4.78 is 7.30. The molecule has 1 saturated carbocycles. The van der Waals surface area contributed by atoms with Crippen LogP contribution in [0.5, 0.6) is 0 Å². The maximum atomic E-state index is 13.2. The zero-order valence-corrected chi connectivity index (χ0v) is 17.7. The average molecular weight is 411 g/mol. The van der Waals surface area contributed by atoms with Crippen molar-refractivity contribution in [1.82, 2.24) is 14.8 Å². The molecule has 6 nitrogen and oxygen atoms in total. The number of hydrogen-bond donors (Lipinski definition) is 0. The monoisotopic (exact) mass is 410 g/mol. The summed E-state index contributed by atoms with van der Waals surface area (Å²) in [6, 6.07) is 12.2. The normalized spacial score (nSPS) is 14.8. The van der Waals surface area contributed by atoms with Gasteiger partial charge in [-0.3, -0.25) is 4.79 Å². The second-order valence-corrected chi connectivity index (χ2v) is 8.38. The molecule has 7 heteroatoms. The van der Waals surface area contributed by atoms with Gasteiger partial charge in [-0.1, -0.05) is 49.2 Å². The zero-order valence-electron chi connectivity index (χ0n) is 16.9. The van der Waals surface area contributed by atoms with Crippen LogP contribution in [0, 0.1) is 6.92 Å². The highest BCUT2D eigenvalue weighted by Crippen LogP contribution is 2.30. The summed E-state index contributed by atoms with van der Waals surface area (Å²) in [5.41, 5.74) is 1.91. The van der Waals surface area contributed by atoms with Crippen LogP contribution >= 0.6 is 11.8 Å². The molecule has 0 bridgehead atoms. The van der Waals surface area contributed by atoms with Gasteiger partial charge >= 0.3 is 0 Å². The maximum Gasteiger partial charge on any atom is 0.237 e. The molecule has 0 saturated heterocycles. The van der Waals surface area contributed by atoms with E-state index in [1.807, 2.05) is 59.8 Å². The molecular formula is C22H26N4O2S. The molecule has 4 rings (SSSR count). The third-order valence-electron chi connectivity index (χ3n) is 5.50. The Morgan fingerprint density at radius 2 is 1.93 bits per heavy atom. The number of carbonyl (C=O) groups is 1. The summed E-state index contributed by atoms with van der Waals surface area (Å²) in [6.45, 7) is 1.91. The van der Waals surface area contributed by atoms with Crippen molar-refractivity contribution in [2.45, 2.75) is 50.2 Å². The second kappa shape index (κ2) is 8.86. The first-order valence-electron chi connectivity index (χ1n) is 10.1. The third kappa shape index (κ3) is 4.24. The first kappa shape index (κ1) is 19.8. The lowest BCUT2D eigenvalue weighted by Gasteiger charge is -2.34. The number of benzene rings is 1. The molecular weight excluding hydrogens is 384 g/mol. The highest BCUT2D eigenvalue weighted by Gasteiger charge is 2.27. The van der Waals surface area contributed by atoms with E-state index in [1.54, 1.807) is 6.26 Å². The fourth-order valence-corrected chi connectivity index (χ4v) is 4.74. The lowest BCUT2D eigenvalue weighted by Crippen LogP contribution is -2.42. The first-order valence-corrected chi connectivity index (χ1v) is 11.1. The van der Waals surface area contributed by atoms with Crippen molar-refractivity contribution in [1.29, 1.82) is 0 Å². The van der Waals surface area contributed by atoms with E-state index in [9.17, 15) is 4.79 Å². The summed E-state index contributed by atoms with van der Waals surface area (Å²) in [5.74, 6) is 2.01. The number of nitrogens with zero attached hydrogens (tertiary/aromatic N) is 4. The molecule has 2 aromatic heterocycles. The number of amides is 1. The van der Waals surface area contributed by atoms with Crippen molar-refractivity contribution in [2.24, 2.45) is 7.05 Å². The van der Waals surface area contributed by atoms with Gasteiger partial charge in [0.25, 0.3) is 0 Å². The lowest BCUT2D eigenvalue weighted by atomic mass is 9.93. The van der Waals surface area contributed by atoms with Crippen LogP contribution in [0.15, 0.2) is 52.2 Å². The van der Waals surface area contributed by atoms with E-state index in [0.717, 1.165) is 40.8 Å². The molecule has 3 aromatic rings. The zero-order chi connectivity index (χ0) is 20.2. The number of hydrogen-bond acceptors (Lipinski definition) is 5. The van der Waals surface area contributed by atoms with Crippen LogP contribution in [-0.4, -0.2) is 32.5 Å². The van der Waals surface area contributed by atoms with E-state index in [1.165, 1.54) is 31.0 Å². The number of anilines is 1. The topological polar surface area (TPSA) is 64.2 Å². The standard InChI is InChI=1S/C22H26N4O2S/c1-16-19(13-14-28-16)21-23-24-22(25(21)2)29-15-20(27)26(17-9-5-3-6-10-17)18-11-7-4-8-12-18/h3,5-6,9-10,13-14,18H,4,7-8,11-12,15H2,1-2H3. The molecule has 0 atom stereocenters. The van der Waals surface area contributed by atoms with Crippen LogP contribution in [0.2, 0.25) is 0 Å². The molecule has 1 aliphatic rings. The van der Waals surface area contributed by atoms with Gasteiger partial charge in [-0.05, 0) is 38.0 Å². The largest absolute Gasteiger partial charge is 0.469 e. The van der Waals surface area contributed by atoms with Gasteiger partial charge in [0.2, 0.25) is 5.91 Å². The number of rotatable bonds is 6. The summed E-state index contributed by atoms with van der Waals surface area (Å²) in [7, 11) is 1.92. The summed E-state index contributed by atoms with van der Waals surface area (Å²) in [4.78, 5) is 15.3. The highest BCUT2D eigenvalue weighted by molar-refractivity contribution is 7.99. The number of thioether (sulfide) groups is 1. The quantitative estimate of drug-likeness (QED) is 0.544. The Hall–Kier alpha value is -2.54. The molecule has 1 aliphatic carbocycles. The predicted molar refractivity (Wildman–Crippen MR) is 115 cm³/mol. The van der Waals surface area contributed by atoms with Gasteiger partial charge in [-0.2, -0.15) is 0 Å². The molecule has 0 N–H and O–H groups in total. The molecule has 29 heavy (non-hydrogen) atoms. The minimum absolute atomic E-state index is 0.122. The van der Waals surface area contributed by atoms with Crippen molar-refractivity contribution >= 4 is 23.4 Å². The van der Waals surface area contributed by atoms with Gasteiger partial charge in [-0.25, -0.2) is 0 Å². The van der Waals surface area contributed by atoms with Crippen molar-refractivity contribution in [3.05, 3.63) is 48.4 Å². The minimum Gasteiger partial charge on any atom is -0.469 e. The second-order valence-electron chi connectivity index (χ2n) is 7.44. The minimum atomic E-state index is 0.122. The molecule has 1 aromatic carbocycles. The van der Waals surface area contributed by atoms with E-state index < -0.39 is 0 Å². The van der Waals surface area contributed by atoms with Gasteiger partial charge in [-0.15, -0.1) is 10.2 Å². The van der Waals surface area contributed by atoms with Gasteiger partial charge in [0.15, 0.2) is 11.0 Å². The number of aryl methyl sites for hydroxylation is 1. The van der Waals surface area contributed by atoms with Crippen LogP contribution < -0.4 is 4.90 Å². The summed E-state index contributed by atoms with van der Waals surface area (Å²) in [6.07, 6.45) is 7.42. The van der Waals surface area contributed by atoms with Gasteiger partial charge in [0.1, 0.15) is 5.76 Å². The Bertz CT molecular complexity index is 960. The first-order chi connectivity index (χ1) is 14.1. The average Bonchev–Trinajstić information content (AvgIpc) is 3.33. The van der Waals surface area contributed by atoms with E-state index in [4.69, 9.17) is 4.42 Å². The van der Waals surface area contributed by atoms with E-state index in [-0.39, 0.29) is 11.9 Å². The fraction of sp³-hybridized carbons (Fsp3) is 0.409. The summed E-state index contributed by atoms with van der Waals surface area (Å²) in [5, 5.41) is 9.32. The SMILES string of the molecule is Cc1occc1-c1nnc(SCC(=O)N(c2ccccc2)C2CCCCC2)n1C. The number of para-hydroxylation sites is 1. The Morgan fingerprint density at radius 3 is 2.62 bits per heavy atom. The molecule has 0 unspecified atom stereocenters. The smallest absolute Gasteiger partial charge is 0.237 e. The van der Waals surface area contributed by atoms with Crippen molar-refractivity contribution in [3.8, 4) is 11.4 Å². The van der Waals surface area contributed by atoms with Gasteiger partial charge < -0.3 is 13.9 Å². The van der Waals surface area contributed by atoms with Crippen LogP contribution in [0.3, 0.4) is 0 Å². The molecule has 0 radical (unpaired) electrons. The fourth-order valence-electron chi connectivity index (χ4n) is 3.97. The van der Waals surface area contributed by atoms with Gasteiger partial charge in [0.05, 0.1) is 17.6 Å². The Labute approximate surface area is 175 Å². The van der Waals surface area contributed by atoms with E-state index in [2.05, 4.69) is 10.2 Å². The highest BCUT2D eigenvalue weighted by atomic mass is 32.2. The summed E-state index contributed by atoms with van der Waals surface area (Å²) >= 11 is 1.43. The van der Waals surface area contributed by atoms with Crippen molar-refractivity contribution in [2.75, 3.05) is 10.7 Å². The maximum absolute atomic E-state index is 13.2. The Morgan fingerprint density at radius 1 is 1.17 bits per heavy atom. The number of furan rings is 1. The van der Waals surface area contributed by atoms with E-state index in [0.29, 0.717) is 5.75 Å². The molecule has 152 valence electrons. The number of aromatic nitrogens is 3. The Balaban J connectivity index is 1.50. The van der Waals surface area contributed by atoms with Crippen LogP contribution in [-0.2, 0) is 11.8 Å². The van der Waals surface area contributed by atoms with Crippen LogP contribution in [0.1, 0.15) is 37.9 Å². The van der Waals surface area contributed by atoms with Crippen LogP contribution in [0.4, 0.5) is 5.69 Å². The number of carbonyl (C=O) groups excluding carboxylic acids is 1. The molecule has 0 spiro atoms. The Kier molecular flexibility index (Phi) is 6.04. The van der Waals surface area contributed by atoms with Gasteiger partial charge in [0, 0.05) is 18.8 Å². The molecule has 1 fully saturated rings. The third-order valence-corrected chi connectivity index (χ3v) is 6.51. The van der Waals surface area contributed by atoms with E-state index >= 15 is 0 Å². The predicted octanol–water partition coefficient (Wildman–Crippen LogP) is 4.84. The van der Waals surface area contributed by atoms with Crippen LogP contribution in [0.25, 0.3) is 11.4 Å². The molecule has 0 aliphatic heterocycles.